The zero-order chi connectivity index (χ0) is 28.1. The van der Waals surface area contributed by atoms with Gasteiger partial charge in [-0.1, -0.05) is 85.8 Å². The van der Waals surface area contributed by atoms with E-state index in [0.717, 1.165) is 23.4 Å². The fraction of sp³-hybridized carbons (Fsp3) is 0.265. The lowest BCUT2D eigenvalue weighted by atomic mass is 10.2. The van der Waals surface area contributed by atoms with Crippen LogP contribution in [0.25, 0.3) is 0 Å². The van der Waals surface area contributed by atoms with E-state index < -0.39 is 11.7 Å². The maximum Gasteiger partial charge on any atom is 0.414 e. The lowest BCUT2D eigenvalue weighted by Crippen LogP contribution is -2.34. The van der Waals surface area contributed by atoms with Crippen molar-refractivity contribution in [1.29, 1.82) is 0 Å². The zero-order valence-corrected chi connectivity index (χ0v) is 23.6. The Hall–Kier alpha value is -4.25. The molecule has 204 valence electrons. The van der Waals surface area contributed by atoms with Crippen LogP contribution in [0.15, 0.2) is 109 Å². The molecule has 0 saturated carbocycles. The number of ether oxygens (including phenoxy) is 3. The molecule has 0 aliphatic carbocycles. The van der Waals surface area contributed by atoms with E-state index in [0.29, 0.717) is 19.0 Å². The molecule has 4 aromatic carbocycles. The predicted octanol–water partition coefficient (Wildman–Crippen LogP) is 8.46. The van der Waals surface area contributed by atoms with E-state index in [1.807, 2.05) is 106 Å². The number of anilines is 1. The maximum absolute atomic E-state index is 12.1. The number of carbonyl (C=O) groups excluding carboxylic acids is 1. The molecule has 0 spiro atoms. The largest absolute Gasteiger partial charge is 0.489 e. The summed E-state index contributed by atoms with van der Waals surface area (Å²) in [5.74, 6) is 1.66. The quantitative estimate of drug-likeness (QED) is 0.231. The summed E-state index contributed by atoms with van der Waals surface area (Å²) in [7, 11) is 1.68. The molecule has 0 radical (unpaired) electrons. The van der Waals surface area contributed by atoms with Crippen LogP contribution in [0, 0.1) is 0 Å². The first-order valence-corrected chi connectivity index (χ1v) is 13.2. The molecule has 0 bridgehead atoms. The fourth-order valence-corrected chi connectivity index (χ4v) is 3.55. The summed E-state index contributed by atoms with van der Waals surface area (Å²) in [5.41, 5.74) is 3.81. The SMILES string of the molecule is CCc1cccc(OCc2ccccc2)c1.CN(C(=O)OC(C)(C)C)c1cccc(OCc2ccccc2)c1. The van der Waals surface area contributed by atoms with Crippen LogP contribution in [0.3, 0.4) is 0 Å². The molecule has 0 aliphatic rings. The van der Waals surface area contributed by atoms with Crippen molar-refractivity contribution in [2.75, 3.05) is 11.9 Å². The summed E-state index contributed by atoms with van der Waals surface area (Å²) in [4.78, 5) is 13.6. The molecule has 0 aliphatic heterocycles. The Morgan fingerprint density at radius 3 is 1.67 bits per heavy atom. The summed E-state index contributed by atoms with van der Waals surface area (Å²) in [6.45, 7) is 8.80. The van der Waals surface area contributed by atoms with Crippen LogP contribution in [-0.4, -0.2) is 18.7 Å². The highest BCUT2D eigenvalue weighted by molar-refractivity contribution is 5.87. The molecule has 0 fully saturated rings. The van der Waals surface area contributed by atoms with Gasteiger partial charge in [0.1, 0.15) is 30.3 Å². The van der Waals surface area contributed by atoms with Crippen molar-refractivity contribution < 1.29 is 19.0 Å². The van der Waals surface area contributed by atoms with Crippen molar-refractivity contribution in [3.05, 3.63) is 126 Å². The van der Waals surface area contributed by atoms with Crippen molar-refractivity contribution >= 4 is 11.8 Å². The van der Waals surface area contributed by atoms with Gasteiger partial charge in [0.25, 0.3) is 0 Å². The first kappa shape index (κ1) is 29.3. The maximum atomic E-state index is 12.1. The van der Waals surface area contributed by atoms with Crippen LogP contribution in [0.2, 0.25) is 0 Å². The molecule has 0 atom stereocenters. The van der Waals surface area contributed by atoms with Gasteiger partial charge in [0.05, 0.1) is 5.69 Å². The lowest BCUT2D eigenvalue weighted by Gasteiger charge is -2.24. The average Bonchev–Trinajstić information content (AvgIpc) is 2.95. The Bertz CT molecular complexity index is 1280. The molecule has 39 heavy (non-hydrogen) atoms. The third kappa shape index (κ3) is 10.6. The van der Waals surface area contributed by atoms with Crippen LogP contribution < -0.4 is 14.4 Å². The van der Waals surface area contributed by atoms with Gasteiger partial charge in [-0.15, -0.1) is 0 Å². The number of nitrogens with zero attached hydrogens (tertiary/aromatic N) is 1. The molecule has 5 nitrogen and oxygen atoms in total. The molecule has 4 rings (SSSR count). The summed E-state index contributed by atoms with van der Waals surface area (Å²) in [6.07, 6.45) is 0.653. The van der Waals surface area contributed by atoms with E-state index in [-0.39, 0.29) is 0 Å². The number of hydrogen-bond donors (Lipinski definition) is 0. The van der Waals surface area contributed by atoms with Gasteiger partial charge in [0, 0.05) is 13.1 Å². The Balaban J connectivity index is 0.000000230. The molecule has 0 heterocycles. The first-order valence-electron chi connectivity index (χ1n) is 13.2. The average molecular weight is 526 g/mol. The number of rotatable bonds is 8. The van der Waals surface area contributed by atoms with Crippen LogP contribution in [0.4, 0.5) is 10.5 Å². The highest BCUT2D eigenvalue weighted by atomic mass is 16.6. The van der Waals surface area contributed by atoms with Crippen LogP contribution in [-0.2, 0) is 24.4 Å². The van der Waals surface area contributed by atoms with Crippen molar-refractivity contribution in [3.63, 3.8) is 0 Å². The third-order valence-electron chi connectivity index (χ3n) is 5.68. The van der Waals surface area contributed by atoms with Gasteiger partial charge in [-0.25, -0.2) is 4.79 Å². The van der Waals surface area contributed by atoms with E-state index in [9.17, 15) is 4.79 Å². The van der Waals surface area contributed by atoms with Crippen molar-refractivity contribution in [2.45, 2.75) is 52.9 Å². The molecule has 5 heteroatoms. The van der Waals surface area contributed by atoms with E-state index in [1.54, 1.807) is 7.05 Å². The molecule has 0 saturated heterocycles. The monoisotopic (exact) mass is 525 g/mol. The molecule has 0 aromatic heterocycles. The van der Waals surface area contributed by atoms with Gasteiger partial charge < -0.3 is 14.2 Å². The van der Waals surface area contributed by atoms with Crippen LogP contribution >= 0.6 is 0 Å². The van der Waals surface area contributed by atoms with Crippen LogP contribution in [0.1, 0.15) is 44.4 Å². The van der Waals surface area contributed by atoms with Crippen molar-refractivity contribution in [1.82, 2.24) is 0 Å². The van der Waals surface area contributed by atoms with Gasteiger partial charge >= 0.3 is 6.09 Å². The number of carbonyl (C=O) groups is 1. The standard InChI is InChI=1S/C19H23NO3.C15H16O/c1-19(2,3)23-18(21)20(4)16-11-8-12-17(13-16)22-14-15-9-6-5-7-10-15;1-2-13-9-6-10-15(11-13)16-12-14-7-4-3-5-8-14/h5-13H,14H2,1-4H3;3-11H,2,12H2,1H3. The molecular weight excluding hydrogens is 486 g/mol. The second-order valence-corrected chi connectivity index (χ2v) is 10.1. The fourth-order valence-electron chi connectivity index (χ4n) is 3.55. The van der Waals surface area contributed by atoms with E-state index in [1.165, 1.54) is 16.0 Å². The highest BCUT2D eigenvalue weighted by Gasteiger charge is 2.20. The minimum atomic E-state index is -0.521. The summed E-state index contributed by atoms with van der Waals surface area (Å²) in [6, 6.07) is 35.8. The first-order chi connectivity index (χ1) is 18.7. The lowest BCUT2D eigenvalue weighted by molar-refractivity contribution is 0.0589. The summed E-state index contributed by atoms with van der Waals surface area (Å²) in [5, 5.41) is 0. The summed E-state index contributed by atoms with van der Waals surface area (Å²) < 4.78 is 16.9. The van der Waals surface area contributed by atoms with Gasteiger partial charge in [0.15, 0.2) is 0 Å². The van der Waals surface area contributed by atoms with Crippen LogP contribution in [0.5, 0.6) is 11.5 Å². The Labute approximate surface area is 233 Å². The van der Waals surface area contributed by atoms with E-state index in [2.05, 4.69) is 31.2 Å². The van der Waals surface area contributed by atoms with Gasteiger partial charge in [-0.05, 0) is 68.1 Å². The highest BCUT2D eigenvalue weighted by Crippen LogP contribution is 2.23. The Kier molecular flexibility index (Phi) is 11.0. The van der Waals surface area contributed by atoms with E-state index in [4.69, 9.17) is 14.2 Å². The minimum Gasteiger partial charge on any atom is -0.489 e. The molecule has 4 aromatic rings. The van der Waals surface area contributed by atoms with Crippen molar-refractivity contribution in [3.8, 4) is 11.5 Å². The Morgan fingerprint density at radius 2 is 1.15 bits per heavy atom. The third-order valence-corrected chi connectivity index (χ3v) is 5.68. The van der Waals surface area contributed by atoms with E-state index >= 15 is 0 Å². The molecular formula is C34H39NO4. The van der Waals surface area contributed by atoms with Gasteiger partial charge in [0.2, 0.25) is 0 Å². The van der Waals surface area contributed by atoms with Gasteiger partial charge in [-0.2, -0.15) is 0 Å². The number of aryl methyl sites for hydroxylation is 1. The second-order valence-electron chi connectivity index (χ2n) is 10.1. The predicted molar refractivity (Wildman–Crippen MR) is 158 cm³/mol. The smallest absolute Gasteiger partial charge is 0.414 e. The minimum absolute atomic E-state index is 0.391. The normalized spacial score (nSPS) is 10.6. The van der Waals surface area contributed by atoms with Crippen molar-refractivity contribution in [2.24, 2.45) is 0 Å². The second kappa shape index (κ2) is 14.6. The number of benzene rings is 4. The summed E-state index contributed by atoms with van der Waals surface area (Å²) >= 11 is 0. The zero-order valence-electron chi connectivity index (χ0n) is 23.6. The number of amides is 1. The molecule has 0 unspecified atom stereocenters. The number of hydrogen-bond acceptors (Lipinski definition) is 4. The topological polar surface area (TPSA) is 48.0 Å². The molecule has 0 N–H and O–H groups in total. The Morgan fingerprint density at radius 1 is 0.667 bits per heavy atom. The van der Waals surface area contributed by atoms with Gasteiger partial charge in [-0.3, -0.25) is 4.90 Å². The molecule has 1 amide bonds.